The number of aldehydes is 1. The molecule has 3 nitrogen and oxygen atoms in total. The molecule has 0 amide bonds. The maximum Gasteiger partial charge on any atom is 0.142 e. The Hall–Kier alpha value is -1.44. The second-order valence-electron chi connectivity index (χ2n) is 2.67. The zero-order valence-electron chi connectivity index (χ0n) is 7.38. The monoisotopic (exact) mass is 207 g/mol. The zero-order valence-corrected chi connectivity index (χ0v) is 8.20. The zero-order chi connectivity index (χ0) is 10.4. The van der Waals surface area contributed by atoms with Crippen LogP contribution in [0.1, 0.15) is 23.0 Å². The number of hydrogen-bond acceptors (Lipinski definition) is 4. The van der Waals surface area contributed by atoms with E-state index in [-0.39, 0.29) is 0 Å². The third-order valence-electron chi connectivity index (χ3n) is 1.65. The summed E-state index contributed by atoms with van der Waals surface area (Å²) in [6.45, 7) is 0. The van der Waals surface area contributed by atoms with Gasteiger partial charge in [-0.25, -0.2) is 0 Å². The van der Waals surface area contributed by atoms with E-state index in [9.17, 15) is 9.90 Å². The van der Waals surface area contributed by atoms with Gasteiger partial charge in [-0.3, -0.25) is 4.79 Å². The Bertz CT molecular complexity index is 376. The summed E-state index contributed by atoms with van der Waals surface area (Å²) in [5.74, 6) is 0. The van der Waals surface area contributed by atoms with Crippen LogP contribution in [0.2, 0.25) is 0 Å². The molecule has 1 rings (SSSR count). The Labute approximate surface area is 85.9 Å². The minimum atomic E-state index is -0.627. The van der Waals surface area contributed by atoms with Crippen molar-refractivity contribution in [2.24, 2.45) is 0 Å². The summed E-state index contributed by atoms with van der Waals surface area (Å²) < 4.78 is 0. The number of carbonyl (C=O) groups is 1. The van der Waals surface area contributed by atoms with Crippen molar-refractivity contribution in [2.45, 2.75) is 12.5 Å². The number of nitriles is 1. The van der Waals surface area contributed by atoms with Gasteiger partial charge in [0.2, 0.25) is 0 Å². The van der Waals surface area contributed by atoms with E-state index >= 15 is 0 Å². The molecule has 0 aliphatic rings. The van der Waals surface area contributed by atoms with Crippen LogP contribution in [0.25, 0.3) is 0 Å². The minimum absolute atomic E-state index is 0.393. The number of thiophene rings is 1. The van der Waals surface area contributed by atoms with Crippen molar-refractivity contribution in [3.8, 4) is 6.07 Å². The van der Waals surface area contributed by atoms with Crippen LogP contribution in [0.4, 0.5) is 0 Å². The third kappa shape index (κ3) is 2.80. The predicted molar refractivity (Wildman–Crippen MR) is 53.8 cm³/mol. The van der Waals surface area contributed by atoms with Gasteiger partial charge in [0.25, 0.3) is 0 Å². The summed E-state index contributed by atoms with van der Waals surface area (Å²) in [4.78, 5) is 10.7. The lowest BCUT2D eigenvalue weighted by molar-refractivity contribution is -0.104. The lowest BCUT2D eigenvalue weighted by Gasteiger charge is -2.02. The van der Waals surface area contributed by atoms with E-state index < -0.39 is 6.10 Å². The number of carbonyl (C=O) groups excluding carboxylic acids is 1. The Morgan fingerprint density at radius 3 is 3.07 bits per heavy atom. The molecular weight excluding hydrogens is 198 g/mol. The average Bonchev–Trinajstić information content (AvgIpc) is 2.66. The van der Waals surface area contributed by atoms with Gasteiger partial charge in [0.1, 0.15) is 12.4 Å². The summed E-state index contributed by atoms with van der Waals surface area (Å²) in [5.41, 5.74) is 0.559. The fourth-order valence-electron chi connectivity index (χ4n) is 0.965. The molecule has 1 atom stereocenters. The van der Waals surface area contributed by atoms with Crippen LogP contribution in [0.3, 0.4) is 0 Å². The van der Waals surface area contributed by atoms with Crippen molar-refractivity contribution in [1.29, 1.82) is 5.26 Å². The van der Waals surface area contributed by atoms with Crippen LogP contribution in [0.5, 0.6) is 0 Å². The van der Waals surface area contributed by atoms with Gasteiger partial charge < -0.3 is 5.11 Å². The highest BCUT2D eigenvalue weighted by atomic mass is 32.1. The fourth-order valence-corrected chi connectivity index (χ4v) is 1.80. The smallest absolute Gasteiger partial charge is 0.142 e. The van der Waals surface area contributed by atoms with Gasteiger partial charge in [0.05, 0.1) is 11.7 Å². The van der Waals surface area contributed by atoms with E-state index in [1.54, 1.807) is 17.5 Å². The predicted octanol–water partition coefficient (Wildman–Crippen LogP) is 1.80. The van der Waals surface area contributed by atoms with Crippen LogP contribution < -0.4 is 0 Å². The highest BCUT2D eigenvalue weighted by Gasteiger charge is 2.08. The van der Waals surface area contributed by atoms with Crippen LogP contribution in [0.15, 0.2) is 23.6 Å². The molecule has 1 N–H and O–H groups in total. The normalized spacial score (nSPS) is 12.6. The molecule has 1 unspecified atom stereocenters. The van der Waals surface area contributed by atoms with Crippen molar-refractivity contribution in [1.82, 2.24) is 0 Å². The number of aliphatic hydroxyl groups excluding tert-OH is 1. The molecule has 4 heteroatoms. The second kappa shape index (κ2) is 5.32. The molecule has 14 heavy (non-hydrogen) atoms. The molecule has 0 saturated carbocycles. The first-order valence-electron chi connectivity index (χ1n) is 4.05. The van der Waals surface area contributed by atoms with Gasteiger partial charge >= 0.3 is 0 Å². The molecule has 0 aliphatic heterocycles. The number of rotatable bonds is 4. The lowest BCUT2D eigenvalue weighted by Crippen LogP contribution is -1.91. The largest absolute Gasteiger partial charge is 0.387 e. The Morgan fingerprint density at radius 1 is 1.71 bits per heavy atom. The highest BCUT2D eigenvalue weighted by Crippen LogP contribution is 2.24. The van der Waals surface area contributed by atoms with E-state index in [1.807, 2.05) is 6.07 Å². The first-order chi connectivity index (χ1) is 6.77. The molecule has 0 spiro atoms. The Kier molecular flexibility index (Phi) is 4.05. The Balaban J connectivity index is 2.61. The van der Waals surface area contributed by atoms with E-state index in [1.165, 1.54) is 17.4 Å². The maximum absolute atomic E-state index is 9.96. The van der Waals surface area contributed by atoms with Crippen molar-refractivity contribution in [3.05, 3.63) is 34.0 Å². The van der Waals surface area contributed by atoms with Crippen molar-refractivity contribution in [2.75, 3.05) is 0 Å². The minimum Gasteiger partial charge on any atom is -0.387 e. The topological polar surface area (TPSA) is 61.1 Å². The van der Waals surface area contributed by atoms with Crippen LogP contribution in [0, 0.1) is 11.3 Å². The molecule has 0 fully saturated rings. The molecule has 72 valence electrons. The molecule has 0 aromatic carbocycles. The first-order valence-corrected chi connectivity index (χ1v) is 4.92. The summed E-state index contributed by atoms with van der Waals surface area (Å²) in [6, 6.07) is 3.65. The van der Waals surface area contributed by atoms with E-state index in [2.05, 4.69) is 0 Å². The quantitative estimate of drug-likeness (QED) is 0.605. The van der Waals surface area contributed by atoms with Crippen LogP contribution >= 0.6 is 11.3 Å². The Morgan fingerprint density at radius 2 is 2.50 bits per heavy atom. The molecule has 1 aromatic heterocycles. The average molecular weight is 207 g/mol. The molecular formula is C10H9NO2S. The van der Waals surface area contributed by atoms with E-state index in [0.717, 1.165) is 4.88 Å². The summed E-state index contributed by atoms with van der Waals surface area (Å²) in [5, 5.41) is 19.8. The van der Waals surface area contributed by atoms with Gasteiger partial charge in [-0.15, -0.1) is 11.3 Å². The fraction of sp³-hybridized carbons (Fsp3) is 0.200. The van der Waals surface area contributed by atoms with Gasteiger partial charge in [0.15, 0.2) is 0 Å². The van der Waals surface area contributed by atoms with Gasteiger partial charge in [-0.1, -0.05) is 6.08 Å². The standard InChI is InChI=1S/C10H9NO2S/c11-6-8-5-10(14-7-8)9(13)3-1-2-4-12/h1-2,4-5,7,9,13H,3H2. The molecule has 1 aromatic rings. The first kappa shape index (κ1) is 10.6. The lowest BCUT2D eigenvalue weighted by atomic mass is 10.2. The maximum atomic E-state index is 9.96. The molecule has 0 radical (unpaired) electrons. The SMILES string of the molecule is N#Cc1csc(C(O)CC=CC=O)c1. The molecule has 0 saturated heterocycles. The van der Waals surface area contributed by atoms with Gasteiger partial charge in [-0.05, 0) is 18.6 Å². The molecule has 0 aliphatic carbocycles. The summed E-state index contributed by atoms with van der Waals surface area (Å²) in [7, 11) is 0. The molecule has 1 heterocycles. The van der Waals surface area contributed by atoms with E-state index in [4.69, 9.17) is 5.26 Å². The van der Waals surface area contributed by atoms with Crippen molar-refractivity contribution in [3.63, 3.8) is 0 Å². The van der Waals surface area contributed by atoms with Crippen LogP contribution in [-0.4, -0.2) is 11.4 Å². The van der Waals surface area contributed by atoms with Gasteiger partial charge in [0, 0.05) is 10.3 Å². The van der Waals surface area contributed by atoms with Crippen molar-refractivity contribution < 1.29 is 9.90 Å². The second-order valence-corrected chi connectivity index (χ2v) is 3.61. The van der Waals surface area contributed by atoms with Crippen molar-refractivity contribution >= 4 is 17.6 Å². The highest BCUT2D eigenvalue weighted by molar-refractivity contribution is 7.10. The number of nitrogens with zero attached hydrogens (tertiary/aromatic N) is 1. The van der Waals surface area contributed by atoms with Crippen LogP contribution in [-0.2, 0) is 4.79 Å². The van der Waals surface area contributed by atoms with E-state index in [0.29, 0.717) is 18.3 Å². The summed E-state index contributed by atoms with van der Waals surface area (Å²) >= 11 is 1.35. The number of hydrogen-bond donors (Lipinski definition) is 1. The third-order valence-corrected chi connectivity index (χ3v) is 2.69. The number of allylic oxidation sites excluding steroid dienone is 1. The van der Waals surface area contributed by atoms with Gasteiger partial charge in [-0.2, -0.15) is 5.26 Å². The molecule has 0 bridgehead atoms. The number of aliphatic hydroxyl groups is 1. The summed E-state index contributed by atoms with van der Waals surface area (Å²) in [6.07, 6.45) is 3.38.